The molecule has 2 N–H and O–H groups in total. The second-order valence-electron chi connectivity index (χ2n) is 8.07. The van der Waals surface area contributed by atoms with E-state index in [1.165, 1.54) is 25.5 Å². The normalized spacial score (nSPS) is 16.1. The van der Waals surface area contributed by atoms with Crippen LogP contribution in [0, 0.1) is 6.92 Å². The number of hydrogen-bond acceptors (Lipinski definition) is 5. The molecule has 0 aliphatic heterocycles. The van der Waals surface area contributed by atoms with E-state index >= 15 is 0 Å². The minimum atomic E-state index is -0.640. The summed E-state index contributed by atoms with van der Waals surface area (Å²) in [6.07, 6.45) is 2.41. The molecule has 0 heterocycles. The molecule has 30 heavy (non-hydrogen) atoms. The highest BCUT2D eigenvalue weighted by Gasteiger charge is 2.40. The third-order valence-electron chi connectivity index (χ3n) is 5.88. The van der Waals surface area contributed by atoms with Crippen LogP contribution in [0.25, 0.3) is 0 Å². The van der Waals surface area contributed by atoms with Crippen LogP contribution in [0.4, 0.5) is 0 Å². The van der Waals surface area contributed by atoms with Gasteiger partial charge in [-0.15, -0.1) is 0 Å². The Hall–Kier alpha value is -2.70. The lowest BCUT2D eigenvalue weighted by atomic mass is 9.91. The molecule has 0 saturated heterocycles. The number of hydrogen-bond donors (Lipinski definition) is 2. The van der Waals surface area contributed by atoms with E-state index in [-0.39, 0.29) is 17.9 Å². The van der Waals surface area contributed by atoms with Crippen LogP contribution >= 0.6 is 0 Å². The number of carbonyl (C=O) groups excluding carboxylic acids is 1. The maximum absolute atomic E-state index is 12.3. The zero-order chi connectivity index (χ0) is 21.7. The molecule has 1 unspecified atom stereocenters. The topological polar surface area (TPSA) is 72.0 Å². The first kappa shape index (κ1) is 22.0. The van der Waals surface area contributed by atoms with Gasteiger partial charge in [0, 0.05) is 18.2 Å². The predicted molar refractivity (Wildman–Crippen MR) is 118 cm³/mol. The van der Waals surface area contributed by atoms with Crippen LogP contribution in [0.15, 0.2) is 47.6 Å². The second kappa shape index (κ2) is 9.41. The largest absolute Gasteiger partial charge is 0.391 e. The first-order valence-corrected chi connectivity index (χ1v) is 10.3. The molecule has 1 amide bonds. The van der Waals surface area contributed by atoms with Crippen LogP contribution in [-0.4, -0.2) is 25.8 Å². The van der Waals surface area contributed by atoms with Crippen molar-refractivity contribution in [3.63, 3.8) is 0 Å². The fourth-order valence-electron chi connectivity index (χ4n) is 3.74. The molecule has 0 aromatic heterocycles. The van der Waals surface area contributed by atoms with E-state index < -0.39 is 6.04 Å². The molecule has 0 radical (unpaired) electrons. The molecular weight excluding hydrogens is 378 g/mol. The molecule has 1 saturated carbocycles. The van der Waals surface area contributed by atoms with Crippen molar-refractivity contribution < 1.29 is 14.5 Å². The first-order chi connectivity index (χ1) is 14.4. The third-order valence-corrected chi connectivity index (χ3v) is 5.88. The number of hydroxylamine groups is 1. The predicted octanol–water partition coefficient (Wildman–Crippen LogP) is 3.93. The van der Waals surface area contributed by atoms with Crippen LogP contribution in [0.2, 0.25) is 0 Å². The highest BCUT2D eigenvalue weighted by atomic mass is 16.6. The summed E-state index contributed by atoms with van der Waals surface area (Å²) in [6.45, 7) is 6.53. The Morgan fingerprint density at radius 2 is 1.93 bits per heavy atom. The van der Waals surface area contributed by atoms with Crippen LogP contribution in [-0.2, 0) is 26.5 Å². The maximum Gasteiger partial charge on any atom is 0.243 e. The van der Waals surface area contributed by atoms with E-state index in [4.69, 9.17) is 9.68 Å². The number of aryl methyl sites for hydroxylation is 1. The Morgan fingerprint density at radius 3 is 2.60 bits per heavy atom. The molecular formula is C24H31N3O3. The summed E-state index contributed by atoms with van der Waals surface area (Å²) in [5.41, 5.74) is 9.08. The summed E-state index contributed by atoms with van der Waals surface area (Å²) in [4.78, 5) is 23.2. The van der Waals surface area contributed by atoms with E-state index in [2.05, 4.69) is 41.1 Å². The number of nitrogens with zero attached hydrogens (tertiary/aromatic N) is 1. The molecule has 2 aromatic rings. The van der Waals surface area contributed by atoms with E-state index in [1.807, 2.05) is 38.1 Å². The van der Waals surface area contributed by atoms with Gasteiger partial charge in [-0.25, -0.2) is 0 Å². The van der Waals surface area contributed by atoms with Crippen molar-refractivity contribution in [3.8, 4) is 0 Å². The van der Waals surface area contributed by atoms with Gasteiger partial charge in [0.15, 0.2) is 0 Å². The molecule has 1 aliphatic carbocycles. The van der Waals surface area contributed by atoms with Crippen molar-refractivity contribution in [1.29, 1.82) is 0 Å². The summed E-state index contributed by atoms with van der Waals surface area (Å²) in [5.74, 6) is -0.185. The zero-order valence-corrected chi connectivity index (χ0v) is 18.4. The summed E-state index contributed by atoms with van der Waals surface area (Å²) in [7, 11) is 3.09. The first-order valence-electron chi connectivity index (χ1n) is 10.3. The molecule has 3 rings (SSSR count). The average Bonchev–Trinajstić information content (AvgIpc) is 3.51. The molecule has 1 fully saturated rings. The summed E-state index contributed by atoms with van der Waals surface area (Å²) < 4.78 is 0. The number of likely N-dealkylation sites (N-methyl/N-ethyl adjacent to an activating group) is 1. The van der Waals surface area contributed by atoms with Gasteiger partial charge in [0.25, 0.3) is 0 Å². The lowest BCUT2D eigenvalue weighted by Gasteiger charge is -2.20. The van der Waals surface area contributed by atoms with Crippen LogP contribution in [0.1, 0.15) is 60.5 Å². The van der Waals surface area contributed by atoms with Crippen LogP contribution in [0.5, 0.6) is 0 Å². The smallest absolute Gasteiger partial charge is 0.243 e. The number of amides is 1. The minimum absolute atomic E-state index is 0.185. The molecule has 0 spiro atoms. The SMILES string of the molecule is CNC(=O)C(NOC)c1cccc(C)c1CO/N=C(\C)c1ccccc1C1(C)CC1. The Morgan fingerprint density at radius 1 is 1.20 bits per heavy atom. The van der Waals surface area contributed by atoms with Gasteiger partial charge in [-0.2, -0.15) is 5.48 Å². The zero-order valence-electron chi connectivity index (χ0n) is 18.4. The average molecular weight is 410 g/mol. The molecule has 1 aliphatic rings. The van der Waals surface area contributed by atoms with Crippen LogP contribution in [0.3, 0.4) is 0 Å². The van der Waals surface area contributed by atoms with Gasteiger partial charge in [0.1, 0.15) is 12.6 Å². The molecule has 6 nitrogen and oxygen atoms in total. The Labute approximate surface area is 178 Å². The number of benzene rings is 2. The van der Waals surface area contributed by atoms with Crippen molar-refractivity contribution in [2.24, 2.45) is 5.16 Å². The van der Waals surface area contributed by atoms with Gasteiger partial charge < -0.3 is 15.0 Å². The van der Waals surface area contributed by atoms with Gasteiger partial charge in [-0.1, -0.05) is 54.5 Å². The molecule has 2 aromatic carbocycles. The van der Waals surface area contributed by atoms with Crippen molar-refractivity contribution in [2.75, 3.05) is 14.2 Å². The van der Waals surface area contributed by atoms with Gasteiger partial charge in [-0.05, 0) is 48.8 Å². The minimum Gasteiger partial charge on any atom is -0.391 e. The Balaban J connectivity index is 1.82. The van der Waals surface area contributed by atoms with E-state index in [0.717, 1.165) is 28.0 Å². The lowest BCUT2D eigenvalue weighted by Crippen LogP contribution is -2.36. The molecule has 160 valence electrons. The van der Waals surface area contributed by atoms with Crippen molar-refractivity contribution >= 4 is 11.6 Å². The summed E-state index contributed by atoms with van der Waals surface area (Å²) >= 11 is 0. The van der Waals surface area contributed by atoms with Crippen molar-refractivity contribution in [2.45, 2.75) is 51.7 Å². The number of carbonyl (C=O) groups is 1. The van der Waals surface area contributed by atoms with E-state index in [0.29, 0.717) is 0 Å². The van der Waals surface area contributed by atoms with Crippen molar-refractivity contribution in [1.82, 2.24) is 10.8 Å². The summed E-state index contributed by atoms with van der Waals surface area (Å²) in [6, 6.07) is 13.6. The van der Waals surface area contributed by atoms with Gasteiger partial charge in [0.2, 0.25) is 5.91 Å². The van der Waals surface area contributed by atoms with E-state index in [9.17, 15) is 4.79 Å². The van der Waals surface area contributed by atoms with Gasteiger partial charge in [0.05, 0.1) is 12.8 Å². The Kier molecular flexibility index (Phi) is 6.90. The quantitative estimate of drug-likeness (QED) is 0.486. The van der Waals surface area contributed by atoms with Gasteiger partial charge in [-0.3, -0.25) is 4.79 Å². The number of nitrogens with one attached hydrogen (secondary N) is 2. The lowest BCUT2D eigenvalue weighted by molar-refractivity contribution is -0.126. The molecule has 1 atom stereocenters. The molecule has 0 bridgehead atoms. The third kappa shape index (κ3) is 4.71. The van der Waals surface area contributed by atoms with Crippen molar-refractivity contribution in [3.05, 3.63) is 70.3 Å². The number of oxime groups is 1. The van der Waals surface area contributed by atoms with E-state index in [1.54, 1.807) is 7.05 Å². The standard InChI is InChI=1S/C24H31N3O3/c1-16-9-8-11-19(22(27-29-5)23(28)25-4)20(16)15-30-26-17(2)18-10-6-7-12-21(18)24(3)13-14-24/h6-12,22,27H,13-15H2,1-5H3,(H,25,28)/b26-17+. The highest BCUT2D eigenvalue weighted by Crippen LogP contribution is 2.48. The second-order valence-corrected chi connectivity index (χ2v) is 8.07. The fourth-order valence-corrected chi connectivity index (χ4v) is 3.74. The summed E-state index contributed by atoms with van der Waals surface area (Å²) in [5, 5.41) is 7.08. The number of rotatable bonds is 9. The monoisotopic (exact) mass is 409 g/mol. The molecule has 6 heteroatoms. The fraction of sp³-hybridized carbons (Fsp3) is 0.417. The van der Waals surface area contributed by atoms with Gasteiger partial charge >= 0.3 is 0 Å². The maximum atomic E-state index is 12.3. The van der Waals surface area contributed by atoms with Crippen LogP contribution < -0.4 is 10.8 Å². The Bertz CT molecular complexity index is 935. The highest BCUT2D eigenvalue weighted by molar-refractivity contribution is 6.00.